The Kier molecular flexibility index (Phi) is 6.17. The van der Waals surface area contributed by atoms with E-state index in [-0.39, 0.29) is 6.42 Å². The predicted molar refractivity (Wildman–Crippen MR) is 87.3 cm³/mol. The molecular formula is C18H19NO4. The summed E-state index contributed by atoms with van der Waals surface area (Å²) in [5.74, 6) is -0.246. The third-order valence-electron chi connectivity index (χ3n) is 3.17. The highest BCUT2D eigenvalue weighted by molar-refractivity contribution is 6.01. The van der Waals surface area contributed by atoms with Gasteiger partial charge in [0.05, 0.1) is 13.7 Å². The monoisotopic (exact) mass is 313 g/mol. The van der Waals surface area contributed by atoms with Crippen LogP contribution >= 0.6 is 0 Å². The molecule has 0 aliphatic carbocycles. The van der Waals surface area contributed by atoms with Gasteiger partial charge in [0.2, 0.25) is 5.91 Å². The Labute approximate surface area is 135 Å². The van der Waals surface area contributed by atoms with E-state index in [1.807, 2.05) is 18.2 Å². The van der Waals surface area contributed by atoms with Crippen molar-refractivity contribution in [2.45, 2.75) is 12.8 Å². The zero-order valence-electron chi connectivity index (χ0n) is 13.0. The van der Waals surface area contributed by atoms with E-state index in [2.05, 4.69) is 22.2 Å². The third-order valence-corrected chi connectivity index (χ3v) is 3.17. The first-order chi connectivity index (χ1) is 11.2. The first kappa shape index (κ1) is 16.5. The van der Waals surface area contributed by atoms with Gasteiger partial charge >= 0.3 is 5.97 Å². The molecule has 0 bridgehead atoms. The number of hydrogen-bond acceptors (Lipinski definition) is 4. The molecule has 0 saturated heterocycles. The quantitative estimate of drug-likeness (QED) is 0.630. The molecule has 0 aliphatic rings. The fourth-order valence-electron chi connectivity index (χ4n) is 1.97. The van der Waals surface area contributed by atoms with Crippen LogP contribution in [0.5, 0.6) is 5.75 Å². The van der Waals surface area contributed by atoms with Crippen LogP contribution in [-0.2, 0) is 20.7 Å². The number of esters is 1. The van der Waals surface area contributed by atoms with Crippen LogP contribution in [0.1, 0.15) is 12.0 Å². The summed E-state index contributed by atoms with van der Waals surface area (Å²) in [5, 5.41) is 2.62. The van der Waals surface area contributed by atoms with Crippen molar-refractivity contribution in [2.75, 3.05) is 19.0 Å². The Balaban J connectivity index is 1.78. The minimum Gasteiger partial charge on any atom is -0.493 e. The van der Waals surface area contributed by atoms with E-state index < -0.39 is 11.9 Å². The third kappa shape index (κ3) is 5.82. The molecule has 0 unspecified atom stereocenters. The van der Waals surface area contributed by atoms with Gasteiger partial charge in [0.15, 0.2) is 0 Å². The molecule has 0 spiro atoms. The molecule has 0 aliphatic heterocycles. The maximum atomic E-state index is 11.6. The van der Waals surface area contributed by atoms with Crippen LogP contribution in [0.3, 0.4) is 0 Å². The number of benzene rings is 2. The fourth-order valence-corrected chi connectivity index (χ4v) is 1.97. The zero-order chi connectivity index (χ0) is 16.5. The Bertz CT molecular complexity index is 638. The van der Waals surface area contributed by atoms with Crippen LogP contribution in [-0.4, -0.2) is 25.6 Å². The molecule has 2 aromatic rings. The molecule has 0 fully saturated rings. The summed E-state index contributed by atoms with van der Waals surface area (Å²) in [6, 6.07) is 17.1. The molecule has 23 heavy (non-hydrogen) atoms. The normalized spacial score (nSPS) is 9.96. The van der Waals surface area contributed by atoms with E-state index in [1.54, 1.807) is 24.3 Å². The first-order valence-electron chi connectivity index (χ1n) is 7.31. The van der Waals surface area contributed by atoms with E-state index in [1.165, 1.54) is 12.7 Å². The lowest BCUT2D eigenvalue weighted by Crippen LogP contribution is -2.17. The number of nitrogens with one attached hydrogen (secondary N) is 1. The standard InChI is InChI=1S/C18H19NO4/c1-22-18(21)13-17(20)19-15-7-9-16(10-8-15)23-12-11-14-5-3-2-4-6-14/h2-10H,11-13H2,1H3,(H,19,20). The summed E-state index contributed by atoms with van der Waals surface area (Å²) in [6.07, 6.45) is 0.532. The van der Waals surface area contributed by atoms with Gasteiger partial charge in [-0.2, -0.15) is 0 Å². The van der Waals surface area contributed by atoms with Crippen LogP contribution < -0.4 is 10.1 Å². The average molecular weight is 313 g/mol. The lowest BCUT2D eigenvalue weighted by molar-refractivity contribution is -0.142. The predicted octanol–water partition coefficient (Wildman–Crippen LogP) is 2.81. The molecule has 0 radical (unpaired) electrons. The van der Waals surface area contributed by atoms with Crippen LogP contribution in [0.25, 0.3) is 0 Å². The van der Waals surface area contributed by atoms with Crippen molar-refractivity contribution in [1.29, 1.82) is 0 Å². The molecule has 5 nitrogen and oxygen atoms in total. The topological polar surface area (TPSA) is 64.6 Å². The fraction of sp³-hybridized carbons (Fsp3) is 0.222. The van der Waals surface area contributed by atoms with Crippen molar-refractivity contribution in [2.24, 2.45) is 0 Å². The molecule has 2 rings (SSSR count). The van der Waals surface area contributed by atoms with Crippen molar-refractivity contribution in [1.82, 2.24) is 0 Å². The second-order valence-corrected chi connectivity index (χ2v) is 4.91. The van der Waals surface area contributed by atoms with Crippen molar-refractivity contribution in [3.05, 3.63) is 60.2 Å². The molecule has 0 heterocycles. The van der Waals surface area contributed by atoms with Gasteiger partial charge in [0, 0.05) is 12.1 Å². The Morgan fingerprint density at radius 1 is 1.00 bits per heavy atom. The SMILES string of the molecule is COC(=O)CC(=O)Nc1ccc(OCCc2ccccc2)cc1. The summed E-state index contributed by atoms with van der Waals surface area (Å²) >= 11 is 0. The molecule has 0 saturated carbocycles. The van der Waals surface area contributed by atoms with Gasteiger partial charge in [0.25, 0.3) is 0 Å². The second kappa shape index (κ2) is 8.58. The van der Waals surface area contributed by atoms with Gasteiger partial charge in [-0.1, -0.05) is 30.3 Å². The van der Waals surface area contributed by atoms with Gasteiger partial charge < -0.3 is 14.8 Å². The number of hydrogen-bond donors (Lipinski definition) is 1. The first-order valence-corrected chi connectivity index (χ1v) is 7.31. The highest BCUT2D eigenvalue weighted by Gasteiger charge is 2.09. The molecule has 1 N–H and O–H groups in total. The summed E-state index contributed by atoms with van der Waals surface area (Å²) < 4.78 is 10.1. The Hall–Kier alpha value is -2.82. The molecule has 120 valence electrons. The van der Waals surface area contributed by atoms with Gasteiger partial charge in [-0.05, 0) is 29.8 Å². The minimum atomic E-state index is -0.566. The minimum absolute atomic E-state index is 0.300. The van der Waals surface area contributed by atoms with Crippen LogP contribution in [0, 0.1) is 0 Å². The number of carbonyl (C=O) groups excluding carboxylic acids is 2. The second-order valence-electron chi connectivity index (χ2n) is 4.91. The highest BCUT2D eigenvalue weighted by Crippen LogP contribution is 2.16. The van der Waals surface area contributed by atoms with Gasteiger partial charge in [-0.15, -0.1) is 0 Å². The maximum absolute atomic E-state index is 11.6. The van der Waals surface area contributed by atoms with Crippen molar-refractivity contribution < 1.29 is 19.1 Å². The van der Waals surface area contributed by atoms with Crippen molar-refractivity contribution in [3.8, 4) is 5.75 Å². The Morgan fingerprint density at radius 3 is 2.35 bits per heavy atom. The summed E-state index contributed by atoms with van der Waals surface area (Å²) in [5.41, 5.74) is 1.83. The van der Waals surface area contributed by atoms with Crippen LogP contribution in [0.4, 0.5) is 5.69 Å². The number of rotatable bonds is 7. The highest BCUT2D eigenvalue weighted by atomic mass is 16.5. The summed E-state index contributed by atoms with van der Waals surface area (Å²) in [4.78, 5) is 22.6. The lowest BCUT2D eigenvalue weighted by Gasteiger charge is -2.08. The molecule has 5 heteroatoms. The number of carbonyl (C=O) groups is 2. The number of anilines is 1. The number of amides is 1. The number of methoxy groups -OCH3 is 1. The molecule has 2 aromatic carbocycles. The smallest absolute Gasteiger partial charge is 0.315 e. The largest absolute Gasteiger partial charge is 0.493 e. The van der Waals surface area contributed by atoms with Crippen molar-refractivity contribution in [3.63, 3.8) is 0 Å². The van der Waals surface area contributed by atoms with E-state index in [9.17, 15) is 9.59 Å². The average Bonchev–Trinajstić information content (AvgIpc) is 2.57. The molecule has 1 amide bonds. The van der Waals surface area contributed by atoms with Crippen molar-refractivity contribution >= 4 is 17.6 Å². The van der Waals surface area contributed by atoms with Gasteiger partial charge in [0.1, 0.15) is 12.2 Å². The van der Waals surface area contributed by atoms with Gasteiger partial charge in [-0.25, -0.2) is 0 Å². The van der Waals surface area contributed by atoms with Gasteiger partial charge in [-0.3, -0.25) is 9.59 Å². The van der Waals surface area contributed by atoms with Crippen LogP contribution in [0.2, 0.25) is 0 Å². The molecule has 0 atom stereocenters. The van der Waals surface area contributed by atoms with E-state index >= 15 is 0 Å². The van der Waals surface area contributed by atoms with E-state index in [0.29, 0.717) is 12.3 Å². The maximum Gasteiger partial charge on any atom is 0.315 e. The molecule has 0 aromatic heterocycles. The van der Waals surface area contributed by atoms with E-state index in [4.69, 9.17) is 4.74 Å². The lowest BCUT2D eigenvalue weighted by atomic mass is 10.2. The summed E-state index contributed by atoms with van der Waals surface area (Å²) in [7, 11) is 1.25. The zero-order valence-corrected chi connectivity index (χ0v) is 13.0. The Morgan fingerprint density at radius 2 is 1.70 bits per heavy atom. The van der Waals surface area contributed by atoms with E-state index in [0.717, 1.165) is 12.2 Å². The number of ether oxygens (including phenoxy) is 2. The summed E-state index contributed by atoms with van der Waals surface area (Å²) in [6.45, 7) is 0.581. The molecular weight excluding hydrogens is 294 g/mol. The van der Waals surface area contributed by atoms with Crippen LogP contribution in [0.15, 0.2) is 54.6 Å².